The van der Waals surface area contributed by atoms with E-state index < -0.39 is 5.60 Å². The Hall–Kier alpha value is -2.64. The van der Waals surface area contributed by atoms with Gasteiger partial charge in [0, 0.05) is 5.57 Å². The second-order valence-corrected chi connectivity index (χ2v) is 7.99. The zero-order valence-corrected chi connectivity index (χ0v) is 15.5. The van der Waals surface area contributed by atoms with Crippen molar-refractivity contribution in [2.45, 2.75) is 26.4 Å². The Kier molecular flexibility index (Phi) is 3.86. The number of fused-ring (bicyclic) bond motifs is 1. The van der Waals surface area contributed by atoms with E-state index in [1.165, 1.54) is 0 Å². The summed E-state index contributed by atoms with van der Waals surface area (Å²) in [5.41, 5.74) is 5.03. The highest BCUT2D eigenvalue weighted by atomic mass is 16.3. The van der Waals surface area contributed by atoms with Crippen LogP contribution < -0.4 is 0 Å². The molecule has 0 saturated carbocycles. The minimum absolute atomic E-state index is 0.356. The van der Waals surface area contributed by atoms with Crippen LogP contribution in [0.5, 0.6) is 0 Å². The zero-order chi connectivity index (χ0) is 18.4. The molecule has 4 rings (SSSR count). The predicted octanol–water partition coefficient (Wildman–Crippen LogP) is 5.89. The third-order valence-corrected chi connectivity index (χ3v) is 5.41. The van der Waals surface area contributed by atoms with Gasteiger partial charge in [0.1, 0.15) is 5.60 Å². The lowest BCUT2D eigenvalue weighted by atomic mass is 9.68. The maximum atomic E-state index is 12.2. The summed E-state index contributed by atoms with van der Waals surface area (Å²) in [6, 6.07) is 29.0. The van der Waals surface area contributed by atoms with Gasteiger partial charge in [-0.3, -0.25) is 0 Å². The van der Waals surface area contributed by atoms with Gasteiger partial charge in [0.15, 0.2) is 0 Å². The molecule has 26 heavy (non-hydrogen) atoms. The van der Waals surface area contributed by atoms with Crippen molar-refractivity contribution in [1.29, 1.82) is 0 Å². The van der Waals surface area contributed by atoms with Gasteiger partial charge in [-0.2, -0.15) is 0 Å². The van der Waals surface area contributed by atoms with Crippen molar-refractivity contribution in [3.8, 4) is 0 Å². The van der Waals surface area contributed by atoms with E-state index in [2.05, 4.69) is 75.4 Å². The first-order valence-electron chi connectivity index (χ1n) is 9.12. The summed E-state index contributed by atoms with van der Waals surface area (Å²) in [6.45, 7) is 6.34. The fraction of sp³-hybridized carbons (Fsp3) is 0.200. The molecule has 0 spiro atoms. The lowest BCUT2D eigenvalue weighted by Crippen LogP contribution is -2.39. The lowest BCUT2D eigenvalue weighted by molar-refractivity contribution is -0.00602. The summed E-state index contributed by atoms with van der Waals surface area (Å²) in [4.78, 5) is 0. The molecule has 1 unspecified atom stereocenters. The van der Waals surface area contributed by atoms with Crippen LogP contribution in [-0.4, -0.2) is 5.11 Å². The molecule has 0 aromatic heterocycles. The Morgan fingerprint density at radius 3 is 1.73 bits per heavy atom. The molecule has 3 aromatic rings. The van der Waals surface area contributed by atoms with E-state index in [1.807, 2.05) is 30.3 Å². The Bertz CT molecular complexity index is 962. The highest BCUT2D eigenvalue weighted by molar-refractivity contribution is 6.07. The molecule has 1 aliphatic rings. The molecule has 0 saturated heterocycles. The summed E-state index contributed by atoms with van der Waals surface area (Å²) >= 11 is 0. The van der Waals surface area contributed by atoms with Crippen LogP contribution in [0.25, 0.3) is 11.1 Å². The van der Waals surface area contributed by atoms with Gasteiger partial charge in [0.2, 0.25) is 0 Å². The van der Waals surface area contributed by atoms with Crippen LogP contribution in [0, 0.1) is 5.41 Å². The first kappa shape index (κ1) is 16.8. The smallest absolute Gasteiger partial charge is 0.121 e. The average molecular weight is 340 g/mol. The summed E-state index contributed by atoms with van der Waals surface area (Å²) < 4.78 is 0. The summed E-state index contributed by atoms with van der Waals surface area (Å²) in [5.74, 6) is 0. The van der Waals surface area contributed by atoms with Crippen molar-refractivity contribution in [2.75, 3.05) is 0 Å². The maximum absolute atomic E-state index is 12.2. The van der Waals surface area contributed by atoms with Crippen LogP contribution in [0.1, 0.15) is 43.0 Å². The van der Waals surface area contributed by atoms with E-state index >= 15 is 0 Å². The van der Waals surface area contributed by atoms with E-state index in [1.54, 1.807) is 0 Å². The third kappa shape index (κ3) is 2.35. The van der Waals surface area contributed by atoms with Crippen molar-refractivity contribution >= 4 is 11.1 Å². The van der Waals surface area contributed by atoms with E-state index in [4.69, 9.17) is 0 Å². The van der Waals surface area contributed by atoms with Gasteiger partial charge in [0.25, 0.3) is 0 Å². The molecule has 1 aliphatic carbocycles. The highest BCUT2D eigenvalue weighted by Crippen LogP contribution is 2.58. The number of hydrogen-bond donors (Lipinski definition) is 1. The summed E-state index contributed by atoms with van der Waals surface area (Å²) in [5, 5.41) is 12.2. The van der Waals surface area contributed by atoms with Crippen LogP contribution in [0.2, 0.25) is 0 Å². The van der Waals surface area contributed by atoms with Gasteiger partial charge in [-0.15, -0.1) is 0 Å². The topological polar surface area (TPSA) is 20.2 Å². The number of hydrogen-bond acceptors (Lipinski definition) is 1. The second kappa shape index (κ2) is 5.96. The molecule has 0 heterocycles. The quantitative estimate of drug-likeness (QED) is 0.616. The fourth-order valence-corrected chi connectivity index (χ4v) is 4.11. The van der Waals surface area contributed by atoms with E-state index in [-0.39, 0.29) is 5.41 Å². The van der Waals surface area contributed by atoms with Gasteiger partial charge in [-0.1, -0.05) is 106 Å². The standard InChI is InChI=1S/C25H24O/c1-24(2,3)25(26)21-17-11-10-16-20(21)22(18-12-6-4-7-13-18)23(25)19-14-8-5-9-15-19/h4-17,26H,1-3H3. The Labute approximate surface area is 155 Å². The Balaban J connectivity index is 2.15. The molecule has 1 atom stereocenters. The molecule has 130 valence electrons. The Morgan fingerprint density at radius 1 is 0.654 bits per heavy atom. The first-order chi connectivity index (χ1) is 12.4. The van der Waals surface area contributed by atoms with Gasteiger partial charge >= 0.3 is 0 Å². The first-order valence-corrected chi connectivity index (χ1v) is 9.12. The van der Waals surface area contributed by atoms with Crippen LogP contribution in [-0.2, 0) is 5.60 Å². The van der Waals surface area contributed by atoms with Gasteiger partial charge in [-0.05, 0) is 33.2 Å². The molecule has 0 radical (unpaired) electrons. The maximum Gasteiger partial charge on any atom is 0.121 e. The molecular weight excluding hydrogens is 316 g/mol. The number of benzene rings is 3. The highest BCUT2D eigenvalue weighted by Gasteiger charge is 2.51. The SMILES string of the molecule is CC(C)(C)C1(O)C(c2ccccc2)=C(c2ccccc2)c2ccccc21. The monoisotopic (exact) mass is 340 g/mol. The van der Waals surface area contributed by atoms with Crippen molar-refractivity contribution < 1.29 is 5.11 Å². The summed E-state index contributed by atoms with van der Waals surface area (Å²) in [6.07, 6.45) is 0. The molecule has 1 nitrogen and oxygen atoms in total. The minimum atomic E-state index is -1.06. The van der Waals surface area contributed by atoms with Crippen molar-refractivity contribution in [1.82, 2.24) is 0 Å². The fourth-order valence-electron chi connectivity index (χ4n) is 4.11. The van der Waals surface area contributed by atoms with Crippen LogP contribution in [0.15, 0.2) is 84.9 Å². The van der Waals surface area contributed by atoms with Gasteiger partial charge < -0.3 is 5.11 Å². The summed E-state index contributed by atoms with van der Waals surface area (Å²) in [7, 11) is 0. The largest absolute Gasteiger partial charge is 0.380 e. The molecule has 1 heteroatoms. The zero-order valence-electron chi connectivity index (χ0n) is 15.5. The van der Waals surface area contributed by atoms with Crippen LogP contribution >= 0.6 is 0 Å². The second-order valence-electron chi connectivity index (χ2n) is 7.99. The molecule has 1 N–H and O–H groups in total. The van der Waals surface area contributed by atoms with Gasteiger partial charge in [-0.25, -0.2) is 0 Å². The normalized spacial score (nSPS) is 19.5. The Morgan fingerprint density at radius 2 is 1.15 bits per heavy atom. The van der Waals surface area contributed by atoms with E-state index in [0.717, 1.165) is 33.4 Å². The molecular formula is C25H24O. The molecule has 0 fully saturated rings. The predicted molar refractivity (Wildman–Crippen MR) is 109 cm³/mol. The van der Waals surface area contributed by atoms with Crippen molar-refractivity contribution in [3.05, 3.63) is 107 Å². The molecule has 0 aliphatic heterocycles. The van der Waals surface area contributed by atoms with Gasteiger partial charge in [0.05, 0.1) is 0 Å². The van der Waals surface area contributed by atoms with Crippen molar-refractivity contribution in [3.63, 3.8) is 0 Å². The van der Waals surface area contributed by atoms with E-state index in [0.29, 0.717) is 0 Å². The molecule has 0 bridgehead atoms. The number of rotatable bonds is 2. The third-order valence-electron chi connectivity index (χ3n) is 5.41. The van der Waals surface area contributed by atoms with Crippen molar-refractivity contribution in [2.24, 2.45) is 5.41 Å². The molecule has 3 aromatic carbocycles. The van der Waals surface area contributed by atoms with E-state index in [9.17, 15) is 5.11 Å². The number of aliphatic hydroxyl groups is 1. The average Bonchev–Trinajstić information content (AvgIpc) is 2.94. The van der Waals surface area contributed by atoms with Crippen LogP contribution in [0.3, 0.4) is 0 Å². The lowest BCUT2D eigenvalue weighted by Gasteiger charge is -2.40. The van der Waals surface area contributed by atoms with Crippen LogP contribution in [0.4, 0.5) is 0 Å². The molecule has 0 amide bonds. The minimum Gasteiger partial charge on any atom is -0.380 e.